The van der Waals surface area contributed by atoms with Crippen LogP contribution in [-0.4, -0.2) is 31.7 Å². The molecule has 0 radical (unpaired) electrons. The van der Waals surface area contributed by atoms with E-state index in [1.165, 1.54) is 0 Å². The summed E-state index contributed by atoms with van der Waals surface area (Å²) in [7, 11) is 1.56. The average molecular weight is 292 g/mol. The second kappa shape index (κ2) is 7.08. The number of benzene rings is 1. The summed E-state index contributed by atoms with van der Waals surface area (Å²) >= 11 is 0. The summed E-state index contributed by atoms with van der Waals surface area (Å²) in [4.78, 5) is 23.1. The minimum Gasteiger partial charge on any atom is -0.550 e. The van der Waals surface area contributed by atoms with Crippen LogP contribution in [0.25, 0.3) is 0 Å². The van der Waals surface area contributed by atoms with Crippen molar-refractivity contribution in [3.8, 4) is 5.75 Å². The minimum atomic E-state index is -1.25. The lowest BCUT2D eigenvalue weighted by Crippen LogP contribution is -2.38. The molecule has 1 aromatic rings. The molecular formula is C15H18NO5-. The molecule has 0 bridgehead atoms. The van der Waals surface area contributed by atoms with Crippen LogP contribution in [0.5, 0.6) is 5.75 Å². The topological polar surface area (TPSA) is 87.7 Å². The van der Waals surface area contributed by atoms with Gasteiger partial charge in [-0.15, -0.1) is 0 Å². The largest absolute Gasteiger partial charge is 0.550 e. The highest BCUT2D eigenvalue weighted by atomic mass is 16.5. The van der Waals surface area contributed by atoms with Crippen LogP contribution in [0.4, 0.5) is 5.69 Å². The third-order valence-electron chi connectivity index (χ3n) is 3.49. The van der Waals surface area contributed by atoms with Crippen LogP contribution in [0.15, 0.2) is 24.3 Å². The Balaban J connectivity index is 2.04. The van der Waals surface area contributed by atoms with Crippen LogP contribution >= 0.6 is 0 Å². The summed E-state index contributed by atoms with van der Waals surface area (Å²) in [5.41, 5.74) is 0.585. The lowest BCUT2D eigenvalue weighted by atomic mass is 9.95. The van der Waals surface area contributed by atoms with Crippen LogP contribution in [-0.2, 0) is 14.3 Å². The Labute approximate surface area is 123 Å². The first-order valence-electron chi connectivity index (χ1n) is 6.86. The van der Waals surface area contributed by atoms with Crippen LogP contribution in [0, 0.1) is 5.92 Å². The van der Waals surface area contributed by atoms with Gasteiger partial charge in [-0.2, -0.15) is 0 Å². The van der Waals surface area contributed by atoms with Gasteiger partial charge in [0.25, 0.3) is 0 Å². The quantitative estimate of drug-likeness (QED) is 0.828. The molecule has 1 aromatic carbocycles. The number of carboxylic acids is 1. The lowest BCUT2D eigenvalue weighted by molar-refractivity contribution is -0.307. The van der Waals surface area contributed by atoms with Crippen molar-refractivity contribution >= 4 is 17.6 Å². The Morgan fingerprint density at radius 1 is 1.43 bits per heavy atom. The van der Waals surface area contributed by atoms with Crippen molar-refractivity contribution < 1.29 is 24.2 Å². The summed E-state index contributed by atoms with van der Waals surface area (Å²) in [5.74, 6) is -1.67. The third kappa shape index (κ3) is 4.19. The molecule has 1 fully saturated rings. The molecule has 114 valence electrons. The Hall–Kier alpha value is -2.08. The van der Waals surface area contributed by atoms with Crippen LogP contribution in [0.3, 0.4) is 0 Å². The average Bonchev–Trinajstić information content (AvgIpc) is 2.99. The van der Waals surface area contributed by atoms with Gasteiger partial charge in [0.15, 0.2) is 0 Å². The molecule has 1 heterocycles. The third-order valence-corrected chi connectivity index (χ3v) is 3.49. The molecule has 0 spiro atoms. The predicted molar refractivity (Wildman–Crippen MR) is 73.7 cm³/mol. The van der Waals surface area contributed by atoms with Crippen molar-refractivity contribution in [1.29, 1.82) is 0 Å². The highest BCUT2D eigenvalue weighted by molar-refractivity contribution is 5.94. The van der Waals surface area contributed by atoms with Crippen molar-refractivity contribution in [2.45, 2.75) is 25.4 Å². The van der Waals surface area contributed by atoms with Gasteiger partial charge in [0.05, 0.1) is 19.1 Å². The van der Waals surface area contributed by atoms with E-state index >= 15 is 0 Å². The zero-order chi connectivity index (χ0) is 15.2. The number of aliphatic carboxylic acids is 1. The molecular weight excluding hydrogens is 274 g/mol. The lowest BCUT2D eigenvalue weighted by Gasteiger charge is -2.22. The molecule has 0 saturated carbocycles. The van der Waals surface area contributed by atoms with E-state index in [1.54, 1.807) is 31.4 Å². The van der Waals surface area contributed by atoms with Gasteiger partial charge in [0, 0.05) is 24.7 Å². The molecule has 0 unspecified atom stereocenters. The fourth-order valence-corrected chi connectivity index (χ4v) is 2.40. The molecule has 6 nitrogen and oxygen atoms in total. The highest BCUT2D eigenvalue weighted by Crippen LogP contribution is 2.25. The summed E-state index contributed by atoms with van der Waals surface area (Å²) in [5, 5.41) is 13.6. The fourth-order valence-electron chi connectivity index (χ4n) is 2.40. The van der Waals surface area contributed by atoms with Crippen molar-refractivity contribution in [3.05, 3.63) is 24.3 Å². The number of methoxy groups -OCH3 is 1. The number of hydrogen-bond acceptors (Lipinski definition) is 5. The van der Waals surface area contributed by atoms with Crippen molar-refractivity contribution in [3.63, 3.8) is 0 Å². The number of anilines is 1. The molecule has 0 aliphatic carbocycles. The number of hydrogen-bond donors (Lipinski definition) is 1. The number of nitrogens with one attached hydrogen (secondary N) is 1. The molecule has 1 amide bonds. The van der Waals surface area contributed by atoms with Gasteiger partial charge in [-0.3, -0.25) is 4.79 Å². The zero-order valence-electron chi connectivity index (χ0n) is 11.8. The SMILES string of the molecule is COc1ccc(NC(=O)[C@@H](CC(=O)[O-])[C@H]2CCCO2)cc1. The van der Waals surface area contributed by atoms with Crippen LogP contribution < -0.4 is 15.2 Å². The molecule has 1 N–H and O–H groups in total. The van der Waals surface area contributed by atoms with E-state index in [9.17, 15) is 14.7 Å². The van der Waals surface area contributed by atoms with E-state index in [-0.39, 0.29) is 18.4 Å². The summed E-state index contributed by atoms with van der Waals surface area (Å²) in [6.45, 7) is 0.560. The smallest absolute Gasteiger partial charge is 0.230 e. The minimum absolute atomic E-state index is 0.341. The first-order valence-corrected chi connectivity index (χ1v) is 6.86. The van der Waals surface area contributed by atoms with Gasteiger partial charge in [0.2, 0.25) is 5.91 Å². The number of carboxylic acid groups (broad SMARTS) is 1. The van der Waals surface area contributed by atoms with Crippen molar-refractivity contribution in [1.82, 2.24) is 0 Å². The van der Waals surface area contributed by atoms with Crippen LogP contribution in [0.2, 0.25) is 0 Å². The van der Waals surface area contributed by atoms with Crippen molar-refractivity contribution in [2.24, 2.45) is 5.92 Å². The summed E-state index contributed by atoms with van der Waals surface area (Å²) in [6, 6.07) is 6.83. The van der Waals surface area contributed by atoms with Gasteiger partial charge in [-0.05, 0) is 37.1 Å². The first kappa shape index (κ1) is 15.3. The highest BCUT2D eigenvalue weighted by Gasteiger charge is 2.31. The molecule has 0 aromatic heterocycles. The Bertz CT molecular complexity index is 493. The molecule has 2 atom stereocenters. The number of carbonyl (C=O) groups excluding carboxylic acids is 2. The molecule has 6 heteroatoms. The van der Waals surface area contributed by atoms with Crippen LogP contribution in [0.1, 0.15) is 19.3 Å². The Morgan fingerprint density at radius 2 is 2.14 bits per heavy atom. The standard InChI is InChI=1S/C15H19NO5/c1-20-11-6-4-10(5-7-11)16-15(19)12(9-14(17)18)13-3-2-8-21-13/h4-7,12-13H,2-3,8-9H2,1H3,(H,16,19)(H,17,18)/p-1/t12-,13+/m0/s1. The van der Waals surface area contributed by atoms with Gasteiger partial charge in [-0.25, -0.2) is 0 Å². The van der Waals surface area contributed by atoms with Gasteiger partial charge < -0.3 is 24.7 Å². The predicted octanol–water partition coefficient (Wildman–Crippen LogP) is 0.569. The summed E-state index contributed by atoms with van der Waals surface area (Å²) in [6.07, 6.45) is 0.825. The first-order chi connectivity index (χ1) is 10.1. The van der Waals surface area contributed by atoms with E-state index in [1.807, 2.05) is 0 Å². The zero-order valence-corrected chi connectivity index (χ0v) is 11.8. The van der Waals surface area contributed by atoms with E-state index < -0.39 is 11.9 Å². The maximum atomic E-state index is 12.3. The van der Waals surface area contributed by atoms with Gasteiger partial charge in [0.1, 0.15) is 5.75 Å². The molecule has 1 aliphatic rings. The van der Waals surface area contributed by atoms with E-state index in [2.05, 4.69) is 5.32 Å². The van der Waals surface area contributed by atoms with Crippen molar-refractivity contribution in [2.75, 3.05) is 19.0 Å². The maximum absolute atomic E-state index is 12.3. The molecule has 1 aliphatic heterocycles. The number of amides is 1. The second-order valence-corrected chi connectivity index (χ2v) is 4.95. The van der Waals surface area contributed by atoms with E-state index in [4.69, 9.17) is 9.47 Å². The number of rotatable bonds is 6. The Morgan fingerprint density at radius 3 is 2.67 bits per heavy atom. The number of carbonyl (C=O) groups is 2. The van der Waals surface area contributed by atoms with Gasteiger partial charge >= 0.3 is 0 Å². The summed E-state index contributed by atoms with van der Waals surface area (Å²) < 4.78 is 10.5. The van der Waals surface area contributed by atoms with E-state index in [0.717, 1.165) is 6.42 Å². The van der Waals surface area contributed by atoms with Gasteiger partial charge in [-0.1, -0.05) is 0 Å². The Kier molecular flexibility index (Phi) is 5.16. The molecule has 21 heavy (non-hydrogen) atoms. The normalized spacial score (nSPS) is 19.0. The van der Waals surface area contributed by atoms with E-state index in [0.29, 0.717) is 24.5 Å². The molecule has 2 rings (SSSR count). The maximum Gasteiger partial charge on any atom is 0.230 e. The second-order valence-electron chi connectivity index (χ2n) is 4.95. The monoisotopic (exact) mass is 292 g/mol. The molecule has 1 saturated heterocycles. The number of ether oxygens (including phenoxy) is 2. The fraction of sp³-hybridized carbons (Fsp3) is 0.467.